The molecule has 0 saturated heterocycles. The van der Waals surface area contributed by atoms with Gasteiger partial charge in [0.2, 0.25) is 0 Å². The monoisotopic (exact) mass is 348 g/mol. The third kappa shape index (κ3) is 5.24. The highest BCUT2D eigenvalue weighted by molar-refractivity contribution is 5.37. The third-order valence-electron chi connectivity index (χ3n) is 3.98. The summed E-state index contributed by atoms with van der Waals surface area (Å²) in [5.74, 6) is 2.61. The van der Waals surface area contributed by atoms with Crippen LogP contribution in [0.4, 0.5) is 5.82 Å². The maximum absolute atomic E-state index is 5.82. The number of ether oxygens (including phenoxy) is 2. The van der Waals surface area contributed by atoms with Gasteiger partial charge in [-0.1, -0.05) is 35.9 Å². The predicted molar refractivity (Wildman–Crippen MR) is 105 cm³/mol. The average Bonchev–Trinajstić information content (AvgIpc) is 2.66. The van der Waals surface area contributed by atoms with Crippen LogP contribution in [-0.4, -0.2) is 18.2 Å². The molecular formula is C22H24N2O2. The predicted octanol–water partition coefficient (Wildman–Crippen LogP) is 4.77. The molecule has 1 heterocycles. The number of aryl methyl sites for hydroxylation is 2. The van der Waals surface area contributed by atoms with Gasteiger partial charge >= 0.3 is 0 Å². The van der Waals surface area contributed by atoms with E-state index in [4.69, 9.17) is 9.47 Å². The first kappa shape index (κ1) is 17.8. The lowest BCUT2D eigenvalue weighted by atomic mass is 10.1. The summed E-state index contributed by atoms with van der Waals surface area (Å²) < 4.78 is 11.6. The van der Waals surface area contributed by atoms with Crippen LogP contribution in [0.1, 0.15) is 16.7 Å². The third-order valence-corrected chi connectivity index (χ3v) is 3.98. The summed E-state index contributed by atoms with van der Waals surface area (Å²) in [4.78, 5) is 4.26. The Labute approximate surface area is 154 Å². The molecule has 3 rings (SSSR count). The molecule has 1 aromatic heterocycles. The lowest BCUT2D eigenvalue weighted by molar-refractivity contribution is 0.216. The van der Waals surface area contributed by atoms with Crippen molar-refractivity contribution in [2.45, 2.75) is 20.4 Å². The molecule has 3 aromatic rings. The van der Waals surface area contributed by atoms with E-state index < -0.39 is 0 Å². The molecule has 0 bridgehead atoms. The summed E-state index contributed by atoms with van der Waals surface area (Å²) in [5.41, 5.74) is 3.53. The minimum atomic E-state index is 0.504. The smallest absolute Gasteiger partial charge is 0.126 e. The quantitative estimate of drug-likeness (QED) is 0.596. The largest absolute Gasteiger partial charge is 0.490 e. The molecule has 26 heavy (non-hydrogen) atoms. The fourth-order valence-corrected chi connectivity index (χ4v) is 2.68. The number of rotatable bonds is 8. The number of nitrogens with one attached hydrogen (secondary N) is 1. The lowest BCUT2D eigenvalue weighted by Gasteiger charge is -2.12. The molecule has 4 nitrogen and oxygen atoms in total. The van der Waals surface area contributed by atoms with Crippen LogP contribution in [0.5, 0.6) is 11.5 Å². The van der Waals surface area contributed by atoms with Crippen LogP contribution in [0.15, 0.2) is 66.9 Å². The van der Waals surface area contributed by atoms with Gasteiger partial charge in [0.25, 0.3) is 0 Å². The first-order valence-corrected chi connectivity index (χ1v) is 8.77. The van der Waals surface area contributed by atoms with E-state index in [2.05, 4.69) is 42.3 Å². The lowest BCUT2D eigenvalue weighted by Crippen LogP contribution is -2.10. The molecule has 0 aliphatic heterocycles. The Morgan fingerprint density at radius 2 is 1.77 bits per heavy atom. The van der Waals surface area contributed by atoms with Crippen molar-refractivity contribution >= 4 is 5.82 Å². The molecule has 0 atom stereocenters. The average molecular weight is 348 g/mol. The first-order valence-electron chi connectivity index (χ1n) is 8.77. The zero-order chi connectivity index (χ0) is 18.2. The SMILES string of the molecule is Cc1ccc(OCCOc2cccc(CNc3ccccn3)c2)c(C)c1. The molecule has 0 saturated carbocycles. The van der Waals surface area contributed by atoms with E-state index in [1.165, 1.54) is 5.56 Å². The van der Waals surface area contributed by atoms with Crippen molar-refractivity contribution in [2.24, 2.45) is 0 Å². The van der Waals surface area contributed by atoms with Crippen LogP contribution in [0.25, 0.3) is 0 Å². The number of hydrogen-bond acceptors (Lipinski definition) is 4. The first-order chi connectivity index (χ1) is 12.7. The van der Waals surface area contributed by atoms with Crippen LogP contribution < -0.4 is 14.8 Å². The number of nitrogens with zero attached hydrogens (tertiary/aromatic N) is 1. The minimum Gasteiger partial charge on any atom is -0.490 e. The number of aromatic nitrogens is 1. The maximum Gasteiger partial charge on any atom is 0.126 e. The second-order valence-electron chi connectivity index (χ2n) is 6.18. The van der Waals surface area contributed by atoms with Crippen LogP contribution in [0, 0.1) is 13.8 Å². The fraction of sp³-hybridized carbons (Fsp3) is 0.227. The Kier molecular flexibility index (Phi) is 6.09. The van der Waals surface area contributed by atoms with Crippen molar-refractivity contribution in [3.63, 3.8) is 0 Å². The van der Waals surface area contributed by atoms with Crippen LogP contribution in [0.2, 0.25) is 0 Å². The van der Waals surface area contributed by atoms with Gasteiger partial charge in [0.1, 0.15) is 30.5 Å². The topological polar surface area (TPSA) is 43.4 Å². The van der Waals surface area contributed by atoms with E-state index in [1.54, 1.807) is 6.20 Å². The van der Waals surface area contributed by atoms with Crippen molar-refractivity contribution < 1.29 is 9.47 Å². The highest BCUT2D eigenvalue weighted by Gasteiger charge is 2.01. The summed E-state index contributed by atoms with van der Waals surface area (Å²) in [6.45, 7) is 5.86. The molecule has 0 fully saturated rings. The summed E-state index contributed by atoms with van der Waals surface area (Å²) in [6, 6.07) is 20.1. The van der Waals surface area contributed by atoms with Crippen molar-refractivity contribution in [1.82, 2.24) is 4.98 Å². The van der Waals surface area contributed by atoms with Crippen molar-refractivity contribution in [3.05, 3.63) is 83.6 Å². The van der Waals surface area contributed by atoms with Crippen molar-refractivity contribution in [2.75, 3.05) is 18.5 Å². The number of benzene rings is 2. The normalized spacial score (nSPS) is 10.4. The van der Waals surface area contributed by atoms with Gasteiger partial charge < -0.3 is 14.8 Å². The van der Waals surface area contributed by atoms with E-state index in [9.17, 15) is 0 Å². The Hall–Kier alpha value is -3.01. The summed E-state index contributed by atoms with van der Waals surface area (Å²) in [7, 11) is 0. The number of anilines is 1. The molecular weight excluding hydrogens is 324 g/mol. The van der Waals surface area contributed by atoms with Gasteiger partial charge in [-0.3, -0.25) is 0 Å². The maximum atomic E-state index is 5.82. The van der Waals surface area contributed by atoms with E-state index in [1.807, 2.05) is 42.5 Å². The van der Waals surface area contributed by atoms with Crippen molar-refractivity contribution in [3.8, 4) is 11.5 Å². The molecule has 0 aliphatic rings. The van der Waals surface area contributed by atoms with Gasteiger partial charge in [-0.15, -0.1) is 0 Å². The molecule has 0 radical (unpaired) electrons. The Balaban J connectivity index is 1.46. The Morgan fingerprint density at radius 3 is 2.58 bits per heavy atom. The molecule has 0 spiro atoms. The highest BCUT2D eigenvalue weighted by Crippen LogP contribution is 2.19. The number of hydrogen-bond donors (Lipinski definition) is 1. The van der Waals surface area contributed by atoms with Crippen LogP contribution in [0.3, 0.4) is 0 Å². The van der Waals surface area contributed by atoms with E-state index >= 15 is 0 Å². The van der Waals surface area contributed by atoms with Gasteiger partial charge in [0, 0.05) is 12.7 Å². The van der Waals surface area contributed by atoms with E-state index in [0.717, 1.165) is 28.4 Å². The van der Waals surface area contributed by atoms with E-state index in [-0.39, 0.29) is 0 Å². The zero-order valence-corrected chi connectivity index (χ0v) is 15.2. The second-order valence-corrected chi connectivity index (χ2v) is 6.18. The van der Waals surface area contributed by atoms with Gasteiger partial charge in [0.15, 0.2) is 0 Å². The summed E-state index contributed by atoms with van der Waals surface area (Å²) in [5, 5.41) is 3.30. The second kappa shape index (κ2) is 8.90. The summed E-state index contributed by atoms with van der Waals surface area (Å²) >= 11 is 0. The fourth-order valence-electron chi connectivity index (χ4n) is 2.68. The molecule has 4 heteroatoms. The molecule has 0 aliphatic carbocycles. The van der Waals surface area contributed by atoms with Crippen molar-refractivity contribution in [1.29, 1.82) is 0 Å². The molecule has 1 N–H and O–H groups in total. The minimum absolute atomic E-state index is 0.504. The van der Waals surface area contributed by atoms with Gasteiger partial charge in [0.05, 0.1) is 0 Å². The van der Waals surface area contributed by atoms with Crippen LogP contribution in [-0.2, 0) is 6.54 Å². The zero-order valence-electron chi connectivity index (χ0n) is 15.2. The molecule has 134 valence electrons. The van der Waals surface area contributed by atoms with Gasteiger partial charge in [-0.05, 0) is 55.3 Å². The number of pyridine rings is 1. The molecule has 0 amide bonds. The highest BCUT2D eigenvalue weighted by atomic mass is 16.5. The van der Waals surface area contributed by atoms with Gasteiger partial charge in [-0.25, -0.2) is 4.98 Å². The Bertz CT molecular complexity index is 835. The Morgan fingerprint density at radius 1 is 0.885 bits per heavy atom. The van der Waals surface area contributed by atoms with Crippen LogP contribution >= 0.6 is 0 Å². The van der Waals surface area contributed by atoms with E-state index in [0.29, 0.717) is 19.8 Å². The molecule has 0 unspecified atom stereocenters. The molecule has 2 aromatic carbocycles. The summed E-state index contributed by atoms with van der Waals surface area (Å²) in [6.07, 6.45) is 1.78. The van der Waals surface area contributed by atoms with Gasteiger partial charge in [-0.2, -0.15) is 0 Å². The standard InChI is InChI=1S/C22H24N2O2/c1-17-9-10-21(18(2)14-17)26-13-12-25-20-7-5-6-19(15-20)16-24-22-8-3-4-11-23-22/h3-11,14-15H,12-13,16H2,1-2H3,(H,23,24).